The fourth-order valence-corrected chi connectivity index (χ4v) is 1.67. The second kappa shape index (κ2) is 4.58. The van der Waals surface area contributed by atoms with Gasteiger partial charge >= 0.3 is 0 Å². The topological polar surface area (TPSA) is 42.1 Å². The van der Waals surface area contributed by atoms with E-state index in [1.54, 1.807) is 0 Å². The number of thiazole rings is 1. The van der Waals surface area contributed by atoms with Crippen LogP contribution in [0.15, 0.2) is 5.38 Å². The van der Waals surface area contributed by atoms with Crippen LogP contribution in [0.25, 0.3) is 0 Å². The normalized spacial score (nSPS) is 13.5. The zero-order valence-corrected chi connectivity index (χ0v) is 9.27. The monoisotopic (exact) mass is 199 g/mol. The Bertz CT molecular complexity index is 259. The van der Waals surface area contributed by atoms with E-state index in [1.807, 2.05) is 5.38 Å². The summed E-state index contributed by atoms with van der Waals surface area (Å²) >= 11 is 1.51. The highest BCUT2D eigenvalue weighted by Gasteiger charge is 2.08. The lowest BCUT2D eigenvalue weighted by molar-refractivity contribution is 0.241. The summed E-state index contributed by atoms with van der Waals surface area (Å²) < 4.78 is 0. The Morgan fingerprint density at radius 1 is 1.69 bits per heavy atom. The van der Waals surface area contributed by atoms with Crippen molar-refractivity contribution in [1.29, 1.82) is 0 Å². The maximum Gasteiger partial charge on any atom is 0.180 e. The summed E-state index contributed by atoms with van der Waals surface area (Å²) in [4.78, 5) is 6.51. The second-order valence-electron chi connectivity index (χ2n) is 3.35. The quantitative estimate of drug-likeness (QED) is 0.806. The van der Waals surface area contributed by atoms with Crippen molar-refractivity contribution in [3.05, 3.63) is 11.1 Å². The van der Waals surface area contributed by atoms with Gasteiger partial charge in [-0.3, -0.25) is 4.90 Å². The van der Waals surface area contributed by atoms with Crippen molar-refractivity contribution in [3.63, 3.8) is 0 Å². The predicted octanol–water partition coefficient (Wildman–Crippen LogP) is 1.96. The summed E-state index contributed by atoms with van der Waals surface area (Å²) in [6.45, 7) is 5.30. The molecule has 0 saturated carbocycles. The number of aromatic nitrogens is 1. The van der Waals surface area contributed by atoms with Crippen LogP contribution >= 0.6 is 11.3 Å². The van der Waals surface area contributed by atoms with E-state index in [9.17, 15) is 0 Å². The highest BCUT2D eigenvalue weighted by atomic mass is 32.1. The molecule has 3 nitrogen and oxygen atoms in total. The molecule has 1 atom stereocenters. The van der Waals surface area contributed by atoms with Crippen molar-refractivity contribution >= 4 is 16.5 Å². The van der Waals surface area contributed by atoms with E-state index in [0.717, 1.165) is 18.7 Å². The summed E-state index contributed by atoms with van der Waals surface area (Å²) in [5.74, 6) is 0. The molecule has 0 aromatic carbocycles. The van der Waals surface area contributed by atoms with Gasteiger partial charge in [0.2, 0.25) is 0 Å². The van der Waals surface area contributed by atoms with Crippen LogP contribution in [0.2, 0.25) is 0 Å². The average molecular weight is 199 g/mol. The third-order valence-electron chi connectivity index (χ3n) is 2.32. The lowest BCUT2D eigenvalue weighted by Crippen LogP contribution is -2.27. The Morgan fingerprint density at radius 3 is 2.85 bits per heavy atom. The summed E-state index contributed by atoms with van der Waals surface area (Å²) in [7, 11) is 2.11. The maximum absolute atomic E-state index is 5.55. The minimum atomic E-state index is 0.600. The van der Waals surface area contributed by atoms with Gasteiger partial charge in [0.15, 0.2) is 5.13 Å². The van der Waals surface area contributed by atoms with Crippen molar-refractivity contribution < 1.29 is 0 Å². The van der Waals surface area contributed by atoms with Crippen LogP contribution in [-0.2, 0) is 6.54 Å². The second-order valence-corrected chi connectivity index (χ2v) is 4.24. The average Bonchev–Trinajstić information content (AvgIpc) is 2.49. The number of nitrogens with zero attached hydrogens (tertiary/aromatic N) is 2. The van der Waals surface area contributed by atoms with Crippen LogP contribution in [0.3, 0.4) is 0 Å². The van der Waals surface area contributed by atoms with Gasteiger partial charge in [0.25, 0.3) is 0 Å². The first-order chi connectivity index (χ1) is 6.13. The van der Waals surface area contributed by atoms with Crippen molar-refractivity contribution in [2.75, 3.05) is 12.8 Å². The van der Waals surface area contributed by atoms with Crippen molar-refractivity contribution in [2.45, 2.75) is 32.9 Å². The number of hydrogen-bond donors (Lipinski definition) is 1. The Hall–Kier alpha value is -0.610. The Morgan fingerprint density at radius 2 is 2.38 bits per heavy atom. The minimum absolute atomic E-state index is 0.600. The number of anilines is 1. The summed E-state index contributed by atoms with van der Waals surface area (Å²) in [6, 6.07) is 0.600. The summed E-state index contributed by atoms with van der Waals surface area (Å²) in [5, 5.41) is 2.68. The Kier molecular flexibility index (Phi) is 3.69. The molecule has 13 heavy (non-hydrogen) atoms. The van der Waals surface area contributed by atoms with Crippen LogP contribution in [-0.4, -0.2) is 23.0 Å². The SMILES string of the molecule is CCC(C)N(C)Cc1csc(N)n1. The molecule has 0 spiro atoms. The molecule has 0 aliphatic carbocycles. The summed E-state index contributed by atoms with van der Waals surface area (Å²) in [6.07, 6.45) is 1.16. The number of nitrogens with two attached hydrogens (primary N) is 1. The molecule has 2 N–H and O–H groups in total. The van der Waals surface area contributed by atoms with E-state index in [-0.39, 0.29) is 0 Å². The van der Waals surface area contributed by atoms with E-state index in [4.69, 9.17) is 5.73 Å². The highest BCUT2D eigenvalue weighted by Crippen LogP contribution is 2.13. The zero-order valence-electron chi connectivity index (χ0n) is 8.45. The fourth-order valence-electron chi connectivity index (χ4n) is 1.12. The molecule has 0 amide bonds. The largest absolute Gasteiger partial charge is 0.375 e. The number of rotatable bonds is 4. The lowest BCUT2D eigenvalue weighted by atomic mass is 10.2. The fraction of sp³-hybridized carbons (Fsp3) is 0.667. The van der Waals surface area contributed by atoms with E-state index < -0.39 is 0 Å². The molecular formula is C9H17N3S. The molecular weight excluding hydrogens is 182 g/mol. The molecule has 0 aliphatic heterocycles. The Labute approximate surface area is 83.6 Å². The predicted molar refractivity (Wildman–Crippen MR) is 57.7 cm³/mol. The smallest absolute Gasteiger partial charge is 0.180 e. The molecule has 0 radical (unpaired) electrons. The molecule has 0 bridgehead atoms. The number of hydrogen-bond acceptors (Lipinski definition) is 4. The standard InChI is InChI=1S/C9H17N3S/c1-4-7(2)12(3)5-8-6-13-9(10)11-8/h6-7H,4-5H2,1-3H3,(H2,10,11). The molecule has 0 fully saturated rings. The third-order valence-corrected chi connectivity index (χ3v) is 3.05. The van der Waals surface area contributed by atoms with Crippen LogP contribution in [0.5, 0.6) is 0 Å². The van der Waals surface area contributed by atoms with Crippen molar-refractivity contribution in [3.8, 4) is 0 Å². The van der Waals surface area contributed by atoms with Gasteiger partial charge in [0.05, 0.1) is 5.69 Å². The summed E-state index contributed by atoms with van der Waals surface area (Å²) in [5.41, 5.74) is 6.63. The molecule has 1 aromatic rings. The number of nitrogen functional groups attached to an aromatic ring is 1. The van der Waals surface area contributed by atoms with Crippen molar-refractivity contribution in [1.82, 2.24) is 9.88 Å². The van der Waals surface area contributed by atoms with E-state index in [0.29, 0.717) is 11.2 Å². The van der Waals surface area contributed by atoms with Crippen LogP contribution < -0.4 is 5.73 Å². The molecule has 1 unspecified atom stereocenters. The van der Waals surface area contributed by atoms with E-state index in [1.165, 1.54) is 11.3 Å². The molecule has 0 saturated heterocycles. The van der Waals surface area contributed by atoms with Gasteiger partial charge in [-0.2, -0.15) is 0 Å². The highest BCUT2D eigenvalue weighted by molar-refractivity contribution is 7.13. The maximum atomic E-state index is 5.55. The molecule has 1 heterocycles. The minimum Gasteiger partial charge on any atom is -0.375 e. The van der Waals surface area contributed by atoms with Gasteiger partial charge in [0, 0.05) is 18.0 Å². The van der Waals surface area contributed by atoms with Gasteiger partial charge in [-0.1, -0.05) is 6.92 Å². The molecule has 4 heteroatoms. The van der Waals surface area contributed by atoms with E-state index in [2.05, 4.69) is 30.8 Å². The zero-order chi connectivity index (χ0) is 9.84. The Balaban J connectivity index is 2.49. The molecule has 1 rings (SSSR count). The molecule has 74 valence electrons. The molecule has 0 aliphatic rings. The third kappa shape index (κ3) is 2.97. The van der Waals surface area contributed by atoms with E-state index >= 15 is 0 Å². The van der Waals surface area contributed by atoms with Gasteiger partial charge in [-0.15, -0.1) is 11.3 Å². The van der Waals surface area contributed by atoms with Gasteiger partial charge in [0.1, 0.15) is 0 Å². The van der Waals surface area contributed by atoms with Crippen LogP contribution in [0, 0.1) is 0 Å². The van der Waals surface area contributed by atoms with Crippen molar-refractivity contribution in [2.24, 2.45) is 0 Å². The van der Waals surface area contributed by atoms with Gasteiger partial charge in [-0.25, -0.2) is 4.98 Å². The first-order valence-corrected chi connectivity index (χ1v) is 5.41. The van der Waals surface area contributed by atoms with Crippen LogP contribution in [0.4, 0.5) is 5.13 Å². The van der Waals surface area contributed by atoms with Gasteiger partial charge < -0.3 is 5.73 Å². The lowest BCUT2D eigenvalue weighted by Gasteiger charge is -2.22. The van der Waals surface area contributed by atoms with Gasteiger partial charge in [-0.05, 0) is 20.4 Å². The molecule has 1 aromatic heterocycles. The first-order valence-electron chi connectivity index (χ1n) is 4.53. The first kappa shape index (κ1) is 10.5. The van der Waals surface area contributed by atoms with Crippen LogP contribution in [0.1, 0.15) is 26.0 Å².